The standard InChI is InChI=1S/C23H25NO3/c1-15-4-2-3-5-18(15)23(25)24-10-6-16(7-11-24)21-19-9-13-26-20(19)14-17-8-12-27-22(17)21/h2-5,14,16H,6-13H2,1H3. The summed E-state index contributed by atoms with van der Waals surface area (Å²) in [5, 5.41) is 0. The average molecular weight is 363 g/mol. The van der Waals surface area contributed by atoms with Crippen molar-refractivity contribution in [2.24, 2.45) is 0 Å². The summed E-state index contributed by atoms with van der Waals surface area (Å²) in [6.07, 6.45) is 3.93. The number of aryl methyl sites for hydroxylation is 1. The van der Waals surface area contributed by atoms with Crippen LogP contribution < -0.4 is 9.47 Å². The number of benzene rings is 2. The highest BCUT2D eigenvalue weighted by Crippen LogP contribution is 2.46. The number of carbonyl (C=O) groups is 1. The summed E-state index contributed by atoms with van der Waals surface area (Å²) in [5.41, 5.74) is 5.90. The molecule has 0 atom stereocenters. The maximum absolute atomic E-state index is 12.9. The zero-order chi connectivity index (χ0) is 18.4. The second-order valence-corrected chi connectivity index (χ2v) is 7.83. The second-order valence-electron chi connectivity index (χ2n) is 7.83. The molecule has 1 saturated heterocycles. The Balaban J connectivity index is 1.38. The summed E-state index contributed by atoms with van der Waals surface area (Å²) >= 11 is 0. The van der Waals surface area contributed by atoms with E-state index in [0.717, 1.165) is 74.6 Å². The molecule has 140 valence electrons. The van der Waals surface area contributed by atoms with Gasteiger partial charge >= 0.3 is 0 Å². The number of rotatable bonds is 2. The van der Waals surface area contributed by atoms with Crippen LogP contribution in [0.2, 0.25) is 0 Å². The van der Waals surface area contributed by atoms with E-state index in [2.05, 4.69) is 6.07 Å². The Hall–Kier alpha value is -2.49. The molecule has 2 aromatic carbocycles. The quantitative estimate of drug-likeness (QED) is 0.813. The maximum Gasteiger partial charge on any atom is 0.254 e. The lowest BCUT2D eigenvalue weighted by Crippen LogP contribution is -2.38. The molecule has 4 nitrogen and oxygen atoms in total. The smallest absolute Gasteiger partial charge is 0.254 e. The minimum absolute atomic E-state index is 0.162. The Morgan fingerprint density at radius 3 is 2.67 bits per heavy atom. The van der Waals surface area contributed by atoms with Crippen LogP contribution in [0.3, 0.4) is 0 Å². The van der Waals surface area contributed by atoms with E-state index >= 15 is 0 Å². The van der Waals surface area contributed by atoms with Crippen LogP contribution in [0.5, 0.6) is 11.5 Å². The molecule has 1 fully saturated rings. The summed E-state index contributed by atoms with van der Waals surface area (Å²) in [5.74, 6) is 2.79. The van der Waals surface area contributed by atoms with Crippen molar-refractivity contribution in [2.45, 2.75) is 38.5 Å². The van der Waals surface area contributed by atoms with E-state index in [0.29, 0.717) is 5.92 Å². The first kappa shape index (κ1) is 16.7. The van der Waals surface area contributed by atoms with Gasteiger partial charge in [0.05, 0.1) is 13.2 Å². The molecular weight excluding hydrogens is 338 g/mol. The molecule has 0 saturated carbocycles. The minimum Gasteiger partial charge on any atom is -0.493 e. The van der Waals surface area contributed by atoms with E-state index in [1.807, 2.05) is 36.1 Å². The lowest BCUT2D eigenvalue weighted by atomic mass is 9.83. The summed E-state index contributed by atoms with van der Waals surface area (Å²) in [6, 6.07) is 10.1. The largest absolute Gasteiger partial charge is 0.493 e. The number of nitrogens with zero attached hydrogens (tertiary/aromatic N) is 1. The molecule has 0 N–H and O–H groups in total. The monoisotopic (exact) mass is 363 g/mol. The Bertz CT molecular complexity index is 864. The highest BCUT2D eigenvalue weighted by atomic mass is 16.5. The molecule has 3 aliphatic heterocycles. The number of likely N-dealkylation sites (tertiary alicyclic amines) is 1. The van der Waals surface area contributed by atoms with Crippen LogP contribution in [0.4, 0.5) is 0 Å². The van der Waals surface area contributed by atoms with Crippen LogP contribution in [-0.2, 0) is 12.8 Å². The zero-order valence-electron chi connectivity index (χ0n) is 15.8. The maximum atomic E-state index is 12.9. The van der Waals surface area contributed by atoms with Crippen molar-refractivity contribution in [3.63, 3.8) is 0 Å². The van der Waals surface area contributed by atoms with Gasteiger partial charge in [0.25, 0.3) is 5.91 Å². The number of hydrogen-bond donors (Lipinski definition) is 0. The summed E-state index contributed by atoms with van der Waals surface area (Å²) < 4.78 is 11.9. The van der Waals surface area contributed by atoms with E-state index in [1.54, 1.807) is 0 Å². The topological polar surface area (TPSA) is 38.8 Å². The van der Waals surface area contributed by atoms with Crippen molar-refractivity contribution in [3.8, 4) is 11.5 Å². The van der Waals surface area contributed by atoms with Gasteiger partial charge in [-0.05, 0) is 43.4 Å². The first-order valence-corrected chi connectivity index (χ1v) is 10.0. The Morgan fingerprint density at radius 2 is 1.85 bits per heavy atom. The lowest BCUT2D eigenvalue weighted by Gasteiger charge is -2.34. The van der Waals surface area contributed by atoms with Crippen molar-refractivity contribution in [3.05, 3.63) is 58.1 Å². The first-order chi connectivity index (χ1) is 13.2. The van der Waals surface area contributed by atoms with Crippen LogP contribution in [0, 0.1) is 6.92 Å². The van der Waals surface area contributed by atoms with Gasteiger partial charge in [-0.1, -0.05) is 18.2 Å². The van der Waals surface area contributed by atoms with E-state index in [4.69, 9.17) is 9.47 Å². The van der Waals surface area contributed by atoms with Gasteiger partial charge in [-0.15, -0.1) is 0 Å². The Morgan fingerprint density at radius 1 is 1.07 bits per heavy atom. The van der Waals surface area contributed by atoms with E-state index in [9.17, 15) is 4.79 Å². The predicted molar refractivity (Wildman–Crippen MR) is 104 cm³/mol. The van der Waals surface area contributed by atoms with Crippen molar-refractivity contribution >= 4 is 5.91 Å². The third-order valence-electron chi connectivity index (χ3n) is 6.26. The second kappa shape index (κ2) is 6.59. The Kier molecular flexibility index (Phi) is 4.07. The van der Waals surface area contributed by atoms with Gasteiger partial charge in [-0.25, -0.2) is 0 Å². The third kappa shape index (κ3) is 2.78. The van der Waals surface area contributed by atoms with Crippen LogP contribution >= 0.6 is 0 Å². The fourth-order valence-corrected chi connectivity index (χ4v) is 4.81. The molecular formula is C23H25NO3. The molecule has 0 aromatic heterocycles. The van der Waals surface area contributed by atoms with Crippen LogP contribution in [0.1, 0.15) is 51.4 Å². The molecule has 0 bridgehead atoms. The molecule has 2 aromatic rings. The number of hydrogen-bond acceptors (Lipinski definition) is 3. The van der Waals surface area contributed by atoms with Gasteiger partial charge in [0.15, 0.2) is 0 Å². The molecule has 5 rings (SSSR count). The number of fused-ring (bicyclic) bond motifs is 2. The zero-order valence-corrected chi connectivity index (χ0v) is 15.8. The summed E-state index contributed by atoms with van der Waals surface area (Å²) in [6.45, 7) is 5.16. The van der Waals surface area contributed by atoms with E-state index in [-0.39, 0.29) is 5.91 Å². The molecule has 3 aliphatic rings. The molecule has 0 spiro atoms. The van der Waals surface area contributed by atoms with Crippen LogP contribution in [0.15, 0.2) is 30.3 Å². The van der Waals surface area contributed by atoms with Gasteiger partial charge in [0.2, 0.25) is 0 Å². The average Bonchev–Trinajstić information content (AvgIpc) is 3.35. The van der Waals surface area contributed by atoms with Crippen molar-refractivity contribution in [2.75, 3.05) is 26.3 Å². The normalized spacial score (nSPS) is 18.6. The van der Waals surface area contributed by atoms with Crippen molar-refractivity contribution < 1.29 is 14.3 Å². The SMILES string of the molecule is Cc1ccccc1C(=O)N1CCC(c2c3c(cc4c2OCC4)OCC3)CC1. The van der Waals surface area contributed by atoms with E-state index < -0.39 is 0 Å². The van der Waals surface area contributed by atoms with Gasteiger partial charge < -0.3 is 14.4 Å². The summed E-state index contributed by atoms with van der Waals surface area (Å²) in [7, 11) is 0. The lowest BCUT2D eigenvalue weighted by molar-refractivity contribution is 0.0711. The van der Waals surface area contributed by atoms with Gasteiger partial charge in [-0.3, -0.25) is 4.79 Å². The molecule has 4 heteroatoms. The summed E-state index contributed by atoms with van der Waals surface area (Å²) in [4.78, 5) is 14.9. The molecule has 3 heterocycles. The molecule has 0 unspecified atom stereocenters. The molecule has 27 heavy (non-hydrogen) atoms. The van der Waals surface area contributed by atoms with Crippen LogP contribution in [-0.4, -0.2) is 37.1 Å². The third-order valence-corrected chi connectivity index (χ3v) is 6.26. The number of amides is 1. The van der Waals surface area contributed by atoms with Gasteiger partial charge in [0, 0.05) is 48.2 Å². The number of ether oxygens (including phenoxy) is 2. The van der Waals surface area contributed by atoms with Gasteiger partial charge in [-0.2, -0.15) is 0 Å². The fraction of sp³-hybridized carbons (Fsp3) is 0.435. The van der Waals surface area contributed by atoms with E-state index in [1.165, 1.54) is 16.7 Å². The number of carbonyl (C=O) groups excluding carboxylic acids is 1. The van der Waals surface area contributed by atoms with Crippen LogP contribution in [0.25, 0.3) is 0 Å². The molecule has 0 aliphatic carbocycles. The highest BCUT2D eigenvalue weighted by molar-refractivity contribution is 5.95. The number of piperidine rings is 1. The Labute approximate surface area is 160 Å². The fourth-order valence-electron chi connectivity index (χ4n) is 4.81. The molecule has 0 radical (unpaired) electrons. The van der Waals surface area contributed by atoms with Crippen molar-refractivity contribution in [1.29, 1.82) is 0 Å². The van der Waals surface area contributed by atoms with Gasteiger partial charge in [0.1, 0.15) is 11.5 Å². The highest BCUT2D eigenvalue weighted by Gasteiger charge is 2.33. The van der Waals surface area contributed by atoms with Crippen molar-refractivity contribution in [1.82, 2.24) is 4.90 Å². The predicted octanol–water partition coefficient (Wildman–Crippen LogP) is 3.88. The molecule has 1 amide bonds. The minimum atomic E-state index is 0.162. The first-order valence-electron chi connectivity index (χ1n) is 10.0.